The van der Waals surface area contributed by atoms with Crippen molar-refractivity contribution in [2.45, 2.75) is 6.42 Å². The van der Waals surface area contributed by atoms with Crippen molar-refractivity contribution in [1.82, 2.24) is 10.3 Å². The molecule has 0 fully saturated rings. The van der Waals surface area contributed by atoms with Gasteiger partial charge in [0.15, 0.2) is 0 Å². The van der Waals surface area contributed by atoms with Gasteiger partial charge in [-0.05, 0) is 12.0 Å². The van der Waals surface area contributed by atoms with Crippen molar-refractivity contribution in [2.24, 2.45) is 0 Å². The van der Waals surface area contributed by atoms with Gasteiger partial charge in [0.05, 0.1) is 12.7 Å². The number of hydrogen-bond acceptors (Lipinski definition) is 4. The topological polar surface area (TPSA) is 88.3 Å². The summed E-state index contributed by atoms with van der Waals surface area (Å²) in [5, 5.41) is 2.61. The van der Waals surface area contributed by atoms with Gasteiger partial charge >= 0.3 is 5.97 Å². The van der Waals surface area contributed by atoms with Crippen LogP contribution in [0, 0.1) is 0 Å². The van der Waals surface area contributed by atoms with E-state index >= 15 is 0 Å². The number of pyridine rings is 1. The van der Waals surface area contributed by atoms with E-state index < -0.39 is 11.5 Å². The number of methoxy groups -OCH3 is 1. The Hall–Kier alpha value is -2.11. The third-order valence-electron chi connectivity index (χ3n) is 2.45. The number of ether oxygens (including phenoxy) is 1. The average Bonchev–Trinajstić information content (AvgIpc) is 2.28. The number of carbonyl (C=O) groups excluding carboxylic acids is 2. The Morgan fingerprint density at radius 2 is 2.19 bits per heavy atom. The summed E-state index contributed by atoms with van der Waals surface area (Å²) >= 11 is 0. The van der Waals surface area contributed by atoms with Gasteiger partial charge in [0, 0.05) is 12.6 Å². The molecular formula is C10H10N2O4. The van der Waals surface area contributed by atoms with Crippen LogP contribution >= 0.6 is 0 Å². The molecule has 2 N–H and O–H groups in total. The van der Waals surface area contributed by atoms with Crippen LogP contribution in [0.3, 0.4) is 0 Å². The summed E-state index contributed by atoms with van der Waals surface area (Å²) in [5.41, 5.74) is 0.363. The van der Waals surface area contributed by atoms with Crippen molar-refractivity contribution in [3.63, 3.8) is 0 Å². The summed E-state index contributed by atoms with van der Waals surface area (Å²) in [6, 6.07) is 1.19. The lowest BCUT2D eigenvalue weighted by Gasteiger charge is -2.17. The minimum atomic E-state index is -0.636. The first-order valence-electron chi connectivity index (χ1n) is 4.76. The molecule has 0 saturated heterocycles. The van der Waals surface area contributed by atoms with Crippen LogP contribution in [0.5, 0.6) is 0 Å². The molecule has 6 nitrogen and oxygen atoms in total. The van der Waals surface area contributed by atoms with Gasteiger partial charge < -0.3 is 15.0 Å². The molecule has 1 aliphatic rings. The zero-order valence-electron chi connectivity index (χ0n) is 8.62. The number of hydrogen-bond donors (Lipinski definition) is 2. The van der Waals surface area contributed by atoms with E-state index in [1.54, 1.807) is 0 Å². The zero-order chi connectivity index (χ0) is 11.7. The molecule has 0 saturated carbocycles. The number of esters is 1. The lowest BCUT2D eigenvalue weighted by atomic mass is 9.99. The van der Waals surface area contributed by atoms with Gasteiger partial charge in [-0.3, -0.25) is 9.59 Å². The van der Waals surface area contributed by atoms with E-state index in [1.165, 1.54) is 13.2 Å². The number of carbonyl (C=O) groups is 2. The summed E-state index contributed by atoms with van der Waals surface area (Å²) in [7, 11) is 1.23. The molecule has 1 aromatic rings. The maximum atomic E-state index is 11.5. The first-order chi connectivity index (χ1) is 7.63. The van der Waals surface area contributed by atoms with Crippen molar-refractivity contribution in [3.05, 3.63) is 33.2 Å². The molecule has 84 valence electrons. The molecular weight excluding hydrogens is 212 g/mol. The number of nitrogens with one attached hydrogen (secondary N) is 2. The van der Waals surface area contributed by atoms with Gasteiger partial charge in [-0.2, -0.15) is 0 Å². The van der Waals surface area contributed by atoms with E-state index in [9.17, 15) is 14.4 Å². The van der Waals surface area contributed by atoms with E-state index in [0.717, 1.165) is 0 Å². The minimum Gasteiger partial charge on any atom is -0.464 e. The molecule has 1 aliphatic heterocycles. The average molecular weight is 222 g/mol. The van der Waals surface area contributed by atoms with Gasteiger partial charge in [0.25, 0.3) is 5.91 Å². The van der Waals surface area contributed by atoms with Crippen molar-refractivity contribution in [1.29, 1.82) is 0 Å². The number of aromatic nitrogens is 1. The van der Waals surface area contributed by atoms with Crippen LogP contribution in [0.4, 0.5) is 0 Å². The highest BCUT2D eigenvalue weighted by Crippen LogP contribution is 2.15. The quantitative estimate of drug-likeness (QED) is 0.624. The second-order valence-corrected chi connectivity index (χ2v) is 3.40. The maximum Gasteiger partial charge on any atom is 0.354 e. The zero-order valence-corrected chi connectivity index (χ0v) is 8.62. The van der Waals surface area contributed by atoms with Crippen LogP contribution in [0.25, 0.3) is 0 Å². The summed E-state index contributed by atoms with van der Waals surface area (Å²) in [6.07, 6.45) is 0.502. The monoisotopic (exact) mass is 222 g/mol. The summed E-state index contributed by atoms with van der Waals surface area (Å²) in [4.78, 5) is 36.6. The fourth-order valence-electron chi connectivity index (χ4n) is 1.72. The number of rotatable bonds is 1. The molecule has 16 heavy (non-hydrogen) atoms. The fraction of sp³-hybridized carbons (Fsp3) is 0.300. The molecule has 6 heteroatoms. The molecule has 0 radical (unpaired) electrons. The van der Waals surface area contributed by atoms with Crippen molar-refractivity contribution in [3.8, 4) is 0 Å². The highest BCUT2D eigenvalue weighted by molar-refractivity contribution is 6.00. The molecule has 1 amide bonds. The minimum absolute atomic E-state index is 0.0693. The van der Waals surface area contributed by atoms with E-state index in [-0.39, 0.29) is 17.2 Å². The normalized spacial score (nSPS) is 13.9. The largest absolute Gasteiger partial charge is 0.464 e. The Labute approximate surface area is 90.6 Å². The second kappa shape index (κ2) is 3.80. The number of amides is 1. The predicted octanol–water partition coefficient (Wildman–Crippen LogP) is -0.553. The Bertz CT molecular complexity index is 518. The molecule has 0 atom stereocenters. The lowest BCUT2D eigenvalue weighted by molar-refractivity contribution is 0.0592. The molecule has 0 spiro atoms. The van der Waals surface area contributed by atoms with Crippen LogP contribution < -0.4 is 10.9 Å². The summed E-state index contributed by atoms with van der Waals surface area (Å²) in [6.45, 7) is 0.446. The van der Waals surface area contributed by atoms with E-state index in [1.807, 2.05) is 0 Å². The highest BCUT2D eigenvalue weighted by atomic mass is 16.5. The van der Waals surface area contributed by atoms with Gasteiger partial charge in [0.1, 0.15) is 5.69 Å². The van der Waals surface area contributed by atoms with Crippen LogP contribution in [-0.4, -0.2) is 30.5 Å². The lowest BCUT2D eigenvalue weighted by Crippen LogP contribution is -2.35. The fourth-order valence-corrected chi connectivity index (χ4v) is 1.72. The summed E-state index contributed by atoms with van der Waals surface area (Å²) in [5.74, 6) is -0.971. The van der Waals surface area contributed by atoms with E-state index in [0.29, 0.717) is 18.5 Å². The standard InChI is InChI=1S/C10H10N2O4/c1-16-10(15)8-5-2-3-11-9(14)6(5)4-7(13)12-8/h4H,2-3H2,1H3,(H,11,14)(H,12,13). The molecule has 0 unspecified atom stereocenters. The Morgan fingerprint density at radius 3 is 2.88 bits per heavy atom. The third-order valence-corrected chi connectivity index (χ3v) is 2.45. The van der Waals surface area contributed by atoms with Crippen molar-refractivity contribution >= 4 is 11.9 Å². The predicted molar refractivity (Wildman–Crippen MR) is 54.4 cm³/mol. The van der Waals surface area contributed by atoms with E-state index in [2.05, 4.69) is 15.0 Å². The molecule has 2 rings (SSSR count). The molecule has 0 aromatic carbocycles. The van der Waals surface area contributed by atoms with Gasteiger partial charge in [-0.15, -0.1) is 0 Å². The Kier molecular flexibility index (Phi) is 2.47. The number of fused-ring (bicyclic) bond motifs is 1. The highest BCUT2D eigenvalue weighted by Gasteiger charge is 2.24. The smallest absolute Gasteiger partial charge is 0.354 e. The van der Waals surface area contributed by atoms with Crippen molar-refractivity contribution < 1.29 is 14.3 Å². The Morgan fingerprint density at radius 1 is 1.44 bits per heavy atom. The molecule has 2 heterocycles. The number of aromatic amines is 1. The van der Waals surface area contributed by atoms with E-state index in [4.69, 9.17) is 0 Å². The molecule has 0 bridgehead atoms. The second-order valence-electron chi connectivity index (χ2n) is 3.40. The van der Waals surface area contributed by atoms with Crippen LogP contribution in [-0.2, 0) is 11.2 Å². The van der Waals surface area contributed by atoms with Gasteiger partial charge in [-0.25, -0.2) is 4.79 Å². The van der Waals surface area contributed by atoms with Crippen LogP contribution in [0.15, 0.2) is 10.9 Å². The first-order valence-corrected chi connectivity index (χ1v) is 4.76. The van der Waals surface area contributed by atoms with Gasteiger partial charge in [-0.1, -0.05) is 0 Å². The summed E-state index contributed by atoms with van der Waals surface area (Å²) < 4.78 is 4.55. The van der Waals surface area contributed by atoms with Crippen molar-refractivity contribution in [2.75, 3.05) is 13.7 Å². The molecule has 0 aliphatic carbocycles. The SMILES string of the molecule is COC(=O)c1[nH]c(=O)cc2c1CCNC2=O. The van der Waals surface area contributed by atoms with Crippen LogP contribution in [0.2, 0.25) is 0 Å². The number of H-pyrrole nitrogens is 1. The van der Waals surface area contributed by atoms with Gasteiger partial charge in [0.2, 0.25) is 5.56 Å². The molecule has 1 aromatic heterocycles. The maximum absolute atomic E-state index is 11.5. The Balaban J connectivity index is 2.66. The first kappa shape index (κ1) is 10.4. The third kappa shape index (κ3) is 1.58. The van der Waals surface area contributed by atoms with Crippen LogP contribution in [0.1, 0.15) is 26.4 Å².